The number of furan rings is 1. The SMILES string of the molecule is Cc1ccc(CN(C)c2ccc(C=O)s2)o1. The van der Waals surface area contributed by atoms with Gasteiger partial charge in [0.2, 0.25) is 0 Å². The van der Waals surface area contributed by atoms with Gasteiger partial charge in [0, 0.05) is 7.05 Å². The number of nitrogens with zero attached hydrogens (tertiary/aromatic N) is 1. The molecule has 0 amide bonds. The van der Waals surface area contributed by atoms with E-state index in [1.54, 1.807) is 0 Å². The number of carbonyl (C=O) groups excluding carboxylic acids is 1. The predicted octanol–water partition coefficient (Wildman–Crippen LogP) is 3.10. The summed E-state index contributed by atoms with van der Waals surface area (Å²) in [5.74, 6) is 1.85. The smallest absolute Gasteiger partial charge is 0.160 e. The topological polar surface area (TPSA) is 33.5 Å². The fourth-order valence-corrected chi connectivity index (χ4v) is 2.27. The second-order valence-electron chi connectivity index (χ2n) is 3.66. The Morgan fingerprint density at radius 3 is 2.75 bits per heavy atom. The monoisotopic (exact) mass is 235 g/mol. The zero-order valence-electron chi connectivity index (χ0n) is 9.27. The molecule has 0 saturated heterocycles. The van der Waals surface area contributed by atoms with E-state index in [1.165, 1.54) is 11.3 Å². The number of rotatable bonds is 4. The quantitative estimate of drug-likeness (QED) is 0.763. The van der Waals surface area contributed by atoms with E-state index in [0.29, 0.717) is 6.54 Å². The predicted molar refractivity (Wildman–Crippen MR) is 65.3 cm³/mol. The Bertz CT molecular complexity index is 487. The van der Waals surface area contributed by atoms with Gasteiger partial charge in [-0.1, -0.05) is 0 Å². The van der Waals surface area contributed by atoms with Crippen LogP contribution in [-0.2, 0) is 6.54 Å². The number of anilines is 1. The summed E-state index contributed by atoms with van der Waals surface area (Å²) >= 11 is 1.48. The first kappa shape index (κ1) is 11.0. The van der Waals surface area contributed by atoms with Crippen molar-refractivity contribution < 1.29 is 9.21 Å². The lowest BCUT2D eigenvalue weighted by atomic mass is 10.4. The van der Waals surface area contributed by atoms with Gasteiger partial charge in [0.15, 0.2) is 6.29 Å². The van der Waals surface area contributed by atoms with E-state index in [1.807, 2.05) is 38.2 Å². The number of hydrogen-bond donors (Lipinski definition) is 0. The van der Waals surface area contributed by atoms with E-state index in [9.17, 15) is 4.79 Å². The first-order valence-corrected chi connectivity index (χ1v) is 5.82. The van der Waals surface area contributed by atoms with Crippen molar-refractivity contribution in [3.8, 4) is 0 Å². The van der Waals surface area contributed by atoms with Crippen LogP contribution in [0.3, 0.4) is 0 Å². The zero-order valence-corrected chi connectivity index (χ0v) is 10.1. The van der Waals surface area contributed by atoms with Crippen molar-refractivity contribution in [1.82, 2.24) is 0 Å². The van der Waals surface area contributed by atoms with Gasteiger partial charge < -0.3 is 9.32 Å². The van der Waals surface area contributed by atoms with Gasteiger partial charge in [0.1, 0.15) is 11.5 Å². The molecule has 0 aliphatic carbocycles. The van der Waals surface area contributed by atoms with E-state index < -0.39 is 0 Å². The van der Waals surface area contributed by atoms with Gasteiger partial charge >= 0.3 is 0 Å². The van der Waals surface area contributed by atoms with Crippen LogP contribution in [0.1, 0.15) is 21.2 Å². The third kappa shape index (κ3) is 2.33. The standard InChI is InChI=1S/C12H13NO2S/c1-9-3-4-10(15-9)7-13(2)12-6-5-11(8-14)16-12/h3-6,8H,7H2,1-2H3. The lowest BCUT2D eigenvalue weighted by Crippen LogP contribution is -2.14. The minimum absolute atomic E-state index is 0.715. The molecule has 0 spiro atoms. The summed E-state index contributed by atoms with van der Waals surface area (Å²) in [5, 5.41) is 1.07. The van der Waals surface area contributed by atoms with Crippen molar-refractivity contribution in [2.75, 3.05) is 11.9 Å². The average molecular weight is 235 g/mol. The van der Waals surface area contributed by atoms with Gasteiger partial charge in [0.25, 0.3) is 0 Å². The molecule has 0 radical (unpaired) electrons. The maximum Gasteiger partial charge on any atom is 0.160 e. The van der Waals surface area contributed by atoms with E-state index in [-0.39, 0.29) is 0 Å². The molecular formula is C12H13NO2S. The molecule has 2 rings (SSSR count). The minimum atomic E-state index is 0.715. The second kappa shape index (κ2) is 4.53. The van der Waals surface area contributed by atoms with Gasteiger partial charge in [-0.05, 0) is 31.2 Å². The van der Waals surface area contributed by atoms with Crippen LogP contribution in [0.5, 0.6) is 0 Å². The van der Waals surface area contributed by atoms with Gasteiger partial charge in [-0.3, -0.25) is 4.79 Å². The van der Waals surface area contributed by atoms with E-state index in [4.69, 9.17) is 4.42 Å². The van der Waals surface area contributed by atoms with Gasteiger partial charge in [-0.15, -0.1) is 11.3 Å². The number of aldehydes is 1. The lowest BCUT2D eigenvalue weighted by molar-refractivity contribution is 0.112. The molecule has 0 aliphatic rings. The number of hydrogen-bond acceptors (Lipinski definition) is 4. The Kier molecular flexibility index (Phi) is 3.10. The fourth-order valence-electron chi connectivity index (χ4n) is 1.49. The van der Waals surface area contributed by atoms with Crippen LogP contribution in [-0.4, -0.2) is 13.3 Å². The van der Waals surface area contributed by atoms with Crippen LogP contribution in [0.4, 0.5) is 5.00 Å². The Morgan fingerprint density at radius 2 is 2.19 bits per heavy atom. The summed E-state index contributed by atoms with van der Waals surface area (Å²) < 4.78 is 5.50. The lowest BCUT2D eigenvalue weighted by Gasteiger charge is -2.14. The van der Waals surface area contributed by atoms with Gasteiger partial charge in [-0.2, -0.15) is 0 Å². The summed E-state index contributed by atoms with van der Waals surface area (Å²) in [5.41, 5.74) is 0. The van der Waals surface area contributed by atoms with Crippen molar-refractivity contribution in [3.05, 3.63) is 40.7 Å². The van der Waals surface area contributed by atoms with Crippen LogP contribution < -0.4 is 4.90 Å². The largest absolute Gasteiger partial charge is 0.464 e. The molecule has 0 aromatic carbocycles. The maximum absolute atomic E-state index is 10.6. The Hall–Kier alpha value is -1.55. The Balaban J connectivity index is 2.07. The summed E-state index contributed by atoms with van der Waals surface area (Å²) in [6.07, 6.45) is 0.874. The molecule has 0 fully saturated rings. The van der Waals surface area contributed by atoms with Crippen LogP contribution in [0.15, 0.2) is 28.7 Å². The second-order valence-corrected chi connectivity index (χ2v) is 4.76. The normalized spacial score (nSPS) is 10.4. The van der Waals surface area contributed by atoms with Gasteiger partial charge in [-0.25, -0.2) is 0 Å². The molecule has 2 aromatic heterocycles. The number of thiophene rings is 1. The molecule has 84 valence electrons. The van der Waals surface area contributed by atoms with E-state index in [2.05, 4.69) is 4.90 Å². The molecule has 0 aliphatic heterocycles. The van der Waals surface area contributed by atoms with Crippen LogP contribution >= 0.6 is 11.3 Å². The summed E-state index contributed by atoms with van der Waals surface area (Å²) in [6.45, 7) is 2.64. The van der Waals surface area contributed by atoms with E-state index in [0.717, 1.165) is 27.7 Å². The highest BCUT2D eigenvalue weighted by molar-refractivity contribution is 7.17. The number of carbonyl (C=O) groups is 1. The van der Waals surface area contributed by atoms with Crippen molar-refractivity contribution >= 4 is 22.6 Å². The molecule has 0 bridgehead atoms. The maximum atomic E-state index is 10.6. The van der Waals surface area contributed by atoms with Crippen molar-refractivity contribution in [2.24, 2.45) is 0 Å². The summed E-state index contributed by atoms with van der Waals surface area (Å²) in [6, 6.07) is 7.70. The zero-order chi connectivity index (χ0) is 11.5. The van der Waals surface area contributed by atoms with Crippen molar-refractivity contribution in [2.45, 2.75) is 13.5 Å². The van der Waals surface area contributed by atoms with Crippen molar-refractivity contribution in [3.63, 3.8) is 0 Å². The molecule has 0 saturated carbocycles. The van der Waals surface area contributed by atoms with Crippen LogP contribution in [0, 0.1) is 6.92 Å². The Labute approximate surface area is 98.3 Å². The number of aryl methyl sites for hydroxylation is 1. The average Bonchev–Trinajstić information content (AvgIpc) is 2.87. The van der Waals surface area contributed by atoms with Gasteiger partial charge in [0.05, 0.1) is 16.4 Å². The highest BCUT2D eigenvalue weighted by atomic mass is 32.1. The summed E-state index contributed by atoms with van der Waals surface area (Å²) in [7, 11) is 1.98. The molecule has 3 nitrogen and oxygen atoms in total. The molecule has 2 heterocycles. The fraction of sp³-hybridized carbons (Fsp3) is 0.250. The Morgan fingerprint density at radius 1 is 1.38 bits per heavy atom. The van der Waals surface area contributed by atoms with Crippen molar-refractivity contribution in [1.29, 1.82) is 0 Å². The highest BCUT2D eigenvalue weighted by Crippen LogP contribution is 2.25. The summed E-state index contributed by atoms with van der Waals surface area (Å²) in [4.78, 5) is 13.4. The first-order valence-electron chi connectivity index (χ1n) is 5.00. The first-order chi connectivity index (χ1) is 7.69. The minimum Gasteiger partial charge on any atom is -0.464 e. The molecule has 16 heavy (non-hydrogen) atoms. The highest BCUT2D eigenvalue weighted by Gasteiger charge is 2.07. The van der Waals surface area contributed by atoms with E-state index >= 15 is 0 Å². The third-order valence-electron chi connectivity index (χ3n) is 2.29. The molecule has 0 N–H and O–H groups in total. The van der Waals surface area contributed by atoms with Crippen LogP contribution in [0.25, 0.3) is 0 Å². The molecule has 2 aromatic rings. The van der Waals surface area contributed by atoms with Crippen LogP contribution in [0.2, 0.25) is 0 Å². The molecule has 0 unspecified atom stereocenters. The molecule has 0 atom stereocenters. The third-order valence-corrected chi connectivity index (χ3v) is 3.42. The molecule has 4 heteroatoms. The molecular weight excluding hydrogens is 222 g/mol.